The van der Waals surface area contributed by atoms with Crippen molar-refractivity contribution in [3.63, 3.8) is 0 Å². The minimum absolute atomic E-state index is 0.0866. The smallest absolute Gasteiger partial charge is 0.267 e. The first-order valence-corrected chi connectivity index (χ1v) is 5.82. The molecule has 0 spiro atoms. The average Bonchev–Trinajstić information content (AvgIpc) is 2.50. The normalized spacial score (nSPS) is 19.5. The van der Waals surface area contributed by atoms with Crippen LogP contribution >= 0.6 is 15.9 Å². The van der Waals surface area contributed by atoms with Gasteiger partial charge in [-0.15, -0.1) is 0 Å². The number of aromatic nitrogens is 2. The summed E-state index contributed by atoms with van der Waals surface area (Å²) in [6.45, 7) is 5.31. The van der Waals surface area contributed by atoms with Crippen molar-refractivity contribution < 1.29 is 0 Å². The third-order valence-electron chi connectivity index (χ3n) is 2.93. The van der Waals surface area contributed by atoms with Gasteiger partial charge in [-0.25, -0.2) is 4.98 Å². The van der Waals surface area contributed by atoms with E-state index in [1.54, 1.807) is 0 Å². The Morgan fingerprint density at radius 3 is 2.93 bits per heavy atom. The molecule has 0 unspecified atom stereocenters. The van der Waals surface area contributed by atoms with E-state index in [0.717, 1.165) is 25.2 Å². The Kier molecular flexibility index (Phi) is 2.58. The van der Waals surface area contributed by atoms with Gasteiger partial charge < -0.3 is 9.88 Å². The molecule has 15 heavy (non-hydrogen) atoms. The van der Waals surface area contributed by atoms with Crippen LogP contribution in [0.15, 0.2) is 15.6 Å². The number of halogens is 1. The molecular formula is C10H14BrN3O. The molecular weight excluding hydrogens is 258 g/mol. The van der Waals surface area contributed by atoms with Crippen molar-refractivity contribution in [1.29, 1.82) is 0 Å². The topological polar surface area (TPSA) is 49.0 Å². The van der Waals surface area contributed by atoms with Crippen LogP contribution in [0.4, 0.5) is 5.82 Å². The summed E-state index contributed by atoms with van der Waals surface area (Å²) in [7, 11) is 0. The summed E-state index contributed by atoms with van der Waals surface area (Å²) in [6, 6.07) is 0. The molecule has 5 heteroatoms. The molecule has 1 aromatic rings. The first kappa shape index (κ1) is 10.7. The van der Waals surface area contributed by atoms with E-state index in [0.29, 0.717) is 4.47 Å². The van der Waals surface area contributed by atoms with Gasteiger partial charge in [0.15, 0.2) is 5.82 Å². The summed E-state index contributed by atoms with van der Waals surface area (Å²) in [5.41, 5.74) is -0.0359. The van der Waals surface area contributed by atoms with Crippen LogP contribution in [-0.4, -0.2) is 22.1 Å². The highest BCUT2D eigenvalue weighted by atomic mass is 79.9. The van der Waals surface area contributed by atoms with Gasteiger partial charge in [0.05, 0.1) is 6.33 Å². The maximum atomic E-state index is 11.4. The number of H-pyrrole nitrogens is 1. The van der Waals surface area contributed by atoms with Crippen LogP contribution in [0.2, 0.25) is 0 Å². The number of nitrogens with zero attached hydrogens (tertiary/aromatic N) is 2. The second kappa shape index (κ2) is 3.63. The molecule has 1 aromatic heterocycles. The molecule has 1 fully saturated rings. The molecule has 0 bridgehead atoms. The van der Waals surface area contributed by atoms with Crippen LogP contribution < -0.4 is 10.5 Å². The Balaban J connectivity index is 2.46. The molecule has 0 aliphatic carbocycles. The highest BCUT2D eigenvalue weighted by Gasteiger charge is 2.34. The van der Waals surface area contributed by atoms with Gasteiger partial charge in [0.25, 0.3) is 5.56 Å². The molecule has 1 aliphatic heterocycles. The summed E-state index contributed by atoms with van der Waals surface area (Å²) in [5, 5.41) is 0. The molecule has 0 amide bonds. The SMILES string of the molecule is CC1(C)CCCN1c1nc[nH]c(=O)c1Br. The van der Waals surface area contributed by atoms with Crippen LogP contribution in [0.1, 0.15) is 26.7 Å². The predicted molar refractivity (Wildman–Crippen MR) is 63.2 cm³/mol. The summed E-state index contributed by atoms with van der Waals surface area (Å²) >= 11 is 3.29. The third kappa shape index (κ3) is 1.80. The maximum Gasteiger partial charge on any atom is 0.267 e. The number of rotatable bonds is 1. The van der Waals surface area contributed by atoms with E-state index in [1.165, 1.54) is 6.33 Å². The standard InChI is InChI=1S/C10H14BrN3O/c1-10(2)4-3-5-14(10)8-7(11)9(15)13-6-12-8/h6H,3-5H2,1-2H3,(H,12,13,15). The van der Waals surface area contributed by atoms with E-state index in [1.807, 2.05) is 0 Å². The lowest BCUT2D eigenvalue weighted by atomic mass is 10.0. The second-order valence-corrected chi connectivity index (χ2v) is 5.23. The molecule has 0 saturated carbocycles. The lowest BCUT2D eigenvalue weighted by molar-refractivity contribution is 0.513. The van der Waals surface area contributed by atoms with Gasteiger partial charge in [0.1, 0.15) is 4.47 Å². The minimum Gasteiger partial charge on any atom is -0.350 e. The maximum absolute atomic E-state index is 11.4. The summed E-state index contributed by atoms with van der Waals surface area (Å²) < 4.78 is 0.528. The number of hydrogen-bond acceptors (Lipinski definition) is 3. The van der Waals surface area contributed by atoms with Crippen molar-refractivity contribution in [2.45, 2.75) is 32.2 Å². The van der Waals surface area contributed by atoms with Crippen LogP contribution in [0.3, 0.4) is 0 Å². The molecule has 0 aromatic carbocycles. The molecule has 2 rings (SSSR count). The van der Waals surface area contributed by atoms with Crippen molar-refractivity contribution in [1.82, 2.24) is 9.97 Å². The fraction of sp³-hybridized carbons (Fsp3) is 0.600. The highest BCUT2D eigenvalue weighted by molar-refractivity contribution is 9.10. The Morgan fingerprint density at radius 2 is 2.33 bits per heavy atom. The average molecular weight is 272 g/mol. The quantitative estimate of drug-likeness (QED) is 0.849. The number of hydrogen-bond donors (Lipinski definition) is 1. The molecule has 82 valence electrons. The van der Waals surface area contributed by atoms with Crippen LogP contribution in [-0.2, 0) is 0 Å². The van der Waals surface area contributed by atoms with E-state index >= 15 is 0 Å². The van der Waals surface area contributed by atoms with Crippen LogP contribution in [0.25, 0.3) is 0 Å². The first-order valence-electron chi connectivity index (χ1n) is 5.03. The summed E-state index contributed by atoms with van der Waals surface area (Å²) in [6.07, 6.45) is 3.73. The van der Waals surface area contributed by atoms with Gasteiger partial charge in [-0.3, -0.25) is 4.79 Å². The van der Waals surface area contributed by atoms with E-state index < -0.39 is 0 Å². The van der Waals surface area contributed by atoms with Crippen molar-refractivity contribution >= 4 is 21.7 Å². The van der Waals surface area contributed by atoms with Gasteiger partial charge >= 0.3 is 0 Å². The highest BCUT2D eigenvalue weighted by Crippen LogP contribution is 2.34. The molecule has 0 radical (unpaired) electrons. The number of aromatic amines is 1. The summed E-state index contributed by atoms with van der Waals surface area (Å²) in [4.78, 5) is 20.4. The van der Waals surface area contributed by atoms with E-state index in [2.05, 4.69) is 44.6 Å². The van der Waals surface area contributed by atoms with Gasteiger partial charge in [-0.1, -0.05) is 0 Å². The Bertz CT molecular complexity index is 427. The van der Waals surface area contributed by atoms with Crippen molar-refractivity contribution in [2.24, 2.45) is 0 Å². The van der Waals surface area contributed by atoms with Crippen molar-refractivity contribution in [3.05, 3.63) is 21.2 Å². The molecule has 4 nitrogen and oxygen atoms in total. The van der Waals surface area contributed by atoms with Gasteiger partial charge in [0, 0.05) is 12.1 Å². The van der Waals surface area contributed by atoms with E-state index in [-0.39, 0.29) is 11.1 Å². The molecule has 0 atom stereocenters. The van der Waals surface area contributed by atoms with Gasteiger partial charge in [-0.05, 0) is 42.6 Å². The van der Waals surface area contributed by atoms with Crippen molar-refractivity contribution in [3.8, 4) is 0 Å². The van der Waals surface area contributed by atoms with Crippen molar-refractivity contribution in [2.75, 3.05) is 11.4 Å². The number of nitrogens with one attached hydrogen (secondary N) is 1. The van der Waals surface area contributed by atoms with Gasteiger partial charge in [0.2, 0.25) is 0 Å². The monoisotopic (exact) mass is 271 g/mol. The molecule has 1 saturated heterocycles. The molecule has 2 heterocycles. The van der Waals surface area contributed by atoms with E-state index in [4.69, 9.17) is 0 Å². The van der Waals surface area contributed by atoms with E-state index in [9.17, 15) is 4.79 Å². The Labute approximate surface area is 96.8 Å². The van der Waals surface area contributed by atoms with Gasteiger partial charge in [-0.2, -0.15) is 0 Å². The summed E-state index contributed by atoms with van der Waals surface area (Å²) in [5.74, 6) is 0.751. The van der Waals surface area contributed by atoms with Crippen LogP contribution in [0, 0.1) is 0 Å². The Hall–Kier alpha value is -0.840. The Morgan fingerprint density at radius 1 is 1.60 bits per heavy atom. The fourth-order valence-corrected chi connectivity index (χ4v) is 2.49. The minimum atomic E-state index is -0.122. The fourth-order valence-electron chi connectivity index (χ4n) is 2.06. The molecule has 1 N–H and O–H groups in total. The van der Waals surface area contributed by atoms with Crippen LogP contribution in [0.5, 0.6) is 0 Å². The third-order valence-corrected chi connectivity index (χ3v) is 3.65. The predicted octanol–water partition coefficient (Wildman–Crippen LogP) is 1.91. The zero-order valence-electron chi connectivity index (χ0n) is 8.88. The lowest BCUT2D eigenvalue weighted by Crippen LogP contribution is -2.39. The second-order valence-electron chi connectivity index (χ2n) is 4.44. The molecule has 1 aliphatic rings. The zero-order valence-corrected chi connectivity index (χ0v) is 10.5. The lowest BCUT2D eigenvalue weighted by Gasteiger charge is -2.32. The zero-order chi connectivity index (χ0) is 11.1. The largest absolute Gasteiger partial charge is 0.350 e. The first-order chi connectivity index (χ1) is 7.02. The number of anilines is 1.